The van der Waals surface area contributed by atoms with E-state index in [0.717, 1.165) is 19.5 Å². The third-order valence-electron chi connectivity index (χ3n) is 4.85. The Morgan fingerprint density at radius 1 is 1.20 bits per heavy atom. The molecule has 2 aliphatic rings. The Balaban J connectivity index is 1.92. The first-order valence-electron chi connectivity index (χ1n) is 8.00. The molecule has 2 fully saturated rings. The highest BCUT2D eigenvalue weighted by Gasteiger charge is 2.33. The average Bonchev–Trinajstić information content (AvgIpc) is 2.45. The first kappa shape index (κ1) is 16.1. The van der Waals surface area contributed by atoms with Gasteiger partial charge in [0.25, 0.3) is 6.43 Å². The molecule has 5 heteroatoms. The van der Waals surface area contributed by atoms with E-state index in [9.17, 15) is 13.9 Å². The molecule has 118 valence electrons. The van der Waals surface area contributed by atoms with Crippen molar-refractivity contribution in [2.24, 2.45) is 5.92 Å². The van der Waals surface area contributed by atoms with Gasteiger partial charge < -0.3 is 10.4 Å². The first-order valence-corrected chi connectivity index (χ1v) is 8.00. The van der Waals surface area contributed by atoms with Crippen molar-refractivity contribution in [1.82, 2.24) is 10.2 Å². The molecule has 0 bridgehead atoms. The predicted octanol–water partition coefficient (Wildman–Crippen LogP) is 2.25. The average molecular weight is 290 g/mol. The zero-order valence-electron chi connectivity index (χ0n) is 12.4. The molecule has 0 aromatic carbocycles. The summed E-state index contributed by atoms with van der Waals surface area (Å²) in [6.07, 6.45) is 4.43. The van der Waals surface area contributed by atoms with Crippen molar-refractivity contribution in [2.45, 2.75) is 70.1 Å². The number of rotatable bonds is 5. The van der Waals surface area contributed by atoms with E-state index in [1.54, 1.807) is 0 Å². The summed E-state index contributed by atoms with van der Waals surface area (Å²) < 4.78 is 24.7. The molecule has 0 aromatic heterocycles. The number of likely N-dealkylation sites (tertiary alicyclic amines) is 1. The van der Waals surface area contributed by atoms with E-state index in [1.807, 2.05) is 6.92 Å². The van der Waals surface area contributed by atoms with Crippen molar-refractivity contribution in [3.63, 3.8) is 0 Å². The molecular formula is C15H28F2N2O. The molecule has 0 amide bonds. The molecule has 0 spiro atoms. The highest BCUT2D eigenvalue weighted by atomic mass is 19.3. The van der Waals surface area contributed by atoms with Crippen LogP contribution in [0.15, 0.2) is 0 Å². The third kappa shape index (κ3) is 4.64. The van der Waals surface area contributed by atoms with Gasteiger partial charge in [-0.1, -0.05) is 19.3 Å². The van der Waals surface area contributed by atoms with E-state index in [4.69, 9.17) is 0 Å². The molecule has 1 aliphatic carbocycles. The van der Waals surface area contributed by atoms with Gasteiger partial charge in [0, 0.05) is 25.2 Å². The van der Waals surface area contributed by atoms with Crippen molar-refractivity contribution >= 4 is 0 Å². The fourth-order valence-electron chi connectivity index (χ4n) is 3.67. The highest BCUT2D eigenvalue weighted by Crippen LogP contribution is 2.28. The molecule has 3 atom stereocenters. The topological polar surface area (TPSA) is 35.5 Å². The van der Waals surface area contributed by atoms with Crippen molar-refractivity contribution in [3.05, 3.63) is 0 Å². The quantitative estimate of drug-likeness (QED) is 0.815. The Bertz CT molecular complexity index is 283. The second-order valence-corrected chi connectivity index (χ2v) is 6.48. The molecule has 2 rings (SSSR count). The molecule has 20 heavy (non-hydrogen) atoms. The molecule has 1 aliphatic heterocycles. The SMILES string of the molecule is CC(O)C1CC(NCC(F)F)CN(C2CCCCC2)C1. The number of nitrogens with one attached hydrogen (secondary N) is 1. The Hall–Kier alpha value is -0.260. The number of alkyl halides is 2. The van der Waals surface area contributed by atoms with Crippen LogP contribution < -0.4 is 5.32 Å². The lowest BCUT2D eigenvalue weighted by Gasteiger charge is -2.44. The van der Waals surface area contributed by atoms with E-state index < -0.39 is 6.43 Å². The minimum Gasteiger partial charge on any atom is -0.393 e. The van der Waals surface area contributed by atoms with Crippen LogP contribution in [0.3, 0.4) is 0 Å². The highest BCUT2D eigenvalue weighted by molar-refractivity contribution is 4.89. The summed E-state index contributed by atoms with van der Waals surface area (Å²) >= 11 is 0. The maximum Gasteiger partial charge on any atom is 0.250 e. The molecule has 0 radical (unpaired) electrons. The lowest BCUT2D eigenvalue weighted by atomic mass is 9.86. The molecule has 2 N–H and O–H groups in total. The van der Waals surface area contributed by atoms with Crippen LogP contribution in [-0.4, -0.2) is 54.3 Å². The van der Waals surface area contributed by atoms with E-state index in [-0.39, 0.29) is 24.6 Å². The summed E-state index contributed by atoms with van der Waals surface area (Å²) in [6, 6.07) is 0.667. The number of hydrogen-bond donors (Lipinski definition) is 2. The zero-order chi connectivity index (χ0) is 14.5. The van der Waals surface area contributed by atoms with Gasteiger partial charge in [0.2, 0.25) is 0 Å². The third-order valence-corrected chi connectivity index (χ3v) is 4.85. The van der Waals surface area contributed by atoms with Crippen molar-refractivity contribution in [1.29, 1.82) is 0 Å². The predicted molar refractivity (Wildman–Crippen MR) is 76.0 cm³/mol. The molecule has 3 unspecified atom stereocenters. The molecule has 1 heterocycles. The summed E-state index contributed by atoms with van der Waals surface area (Å²) in [5.74, 6) is 0.195. The smallest absolute Gasteiger partial charge is 0.250 e. The molecule has 3 nitrogen and oxygen atoms in total. The Morgan fingerprint density at radius 3 is 2.50 bits per heavy atom. The van der Waals surface area contributed by atoms with Gasteiger partial charge in [-0.15, -0.1) is 0 Å². The van der Waals surface area contributed by atoms with Crippen LogP contribution >= 0.6 is 0 Å². The van der Waals surface area contributed by atoms with Crippen LogP contribution in [0.2, 0.25) is 0 Å². The van der Waals surface area contributed by atoms with Crippen LogP contribution in [0, 0.1) is 5.92 Å². The van der Waals surface area contributed by atoms with Crippen molar-refractivity contribution < 1.29 is 13.9 Å². The van der Waals surface area contributed by atoms with Gasteiger partial charge in [0.15, 0.2) is 0 Å². The number of aliphatic hydroxyl groups excluding tert-OH is 1. The molecule has 1 saturated carbocycles. The van der Waals surface area contributed by atoms with E-state index in [1.165, 1.54) is 32.1 Å². The normalized spacial score (nSPS) is 31.6. The minimum atomic E-state index is -2.30. The maximum atomic E-state index is 12.4. The maximum absolute atomic E-state index is 12.4. The van der Waals surface area contributed by atoms with Crippen LogP contribution in [-0.2, 0) is 0 Å². The van der Waals surface area contributed by atoms with Crippen LogP contribution in [0.5, 0.6) is 0 Å². The number of nitrogens with zero attached hydrogens (tertiary/aromatic N) is 1. The lowest BCUT2D eigenvalue weighted by Crippen LogP contribution is -2.55. The summed E-state index contributed by atoms with van der Waals surface area (Å²) in [5.41, 5.74) is 0. The van der Waals surface area contributed by atoms with Crippen molar-refractivity contribution in [3.8, 4) is 0 Å². The Kier molecular flexibility index (Phi) is 6.18. The molecule has 1 saturated heterocycles. The van der Waals surface area contributed by atoms with E-state index >= 15 is 0 Å². The van der Waals surface area contributed by atoms with Crippen LogP contribution in [0.25, 0.3) is 0 Å². The molecule has 0 aromatic rings. The van der Waals surface area contributed by atoms with Gasteiger partial charge in [-0.3, -0.25) is 4.90 Å². The first-order chi connectivity index (χ1) is 9.56. The summed E-state index contributed by atoms with van der Waals surface area (Å²) in [6.45, 7) is 3.34. The number of hydrogen-bond acceptors (Lipinski definition) is 3. The second-order valence-electron chi connectivity index (χ2n) is 6.48. The summed E-state index contributed by atoms with van der Waals surface area (Å²) in [7, 11) is 0. The number of aliphatic hydroxyl groups is 1. The standard InChI is InChI=1S/C15H28F2N2O/c1-11(20)12-7-13(18-8-15(16)17)10-19(9-12)14-5-3-2-4-6-14/h11-15,18,20H,2-10H2,1H3. The van der Waals surface area contributed by atoms with Crippen LogP contribution in [0.4, 0.5) is 8.78 Å². The Labute approximate surface area is 120 Å². The number of halogens is 2. The van der Waals surface area contributed by atoms with Gasteiger partial charge in [0.1, 0.15) is 0 Å². The molecular weight excluding hydrogens is 262 g/mol. The van der Waals surface area contributed by atoms with E-state index in [2.05, 4.69) is 10.2 Å². The minimum absolute atomic E-state index is 0.0827. The largest absolute Gasteiger partial charge is 0.393 e. The Morgan fingerprint density at radius 2 is 1.90 bits per heavy atom. The van der Waals surface area contributed by atoms with Crippen molar-refractivity contribution in [2.75, 3.05) is 19.6 Å². The van der Waals surface area contributed by atoms with Gasteiger partial charge in [-0.25, -0.2) is 8.78 Å². The second kappa shape index (κ2) is 7.66. The van der Waals surface area contributed by atoms with Gasteiger partial charge in [-0.05, 0) is 32.1 Å². The van der Waals surface area contributed by atoms with Gasteiger partial charge >= 0.3 is 0 Å². The number of piperidine rings is 1. The lowest BCUT2D eigenvalue weighted by molar-refractivity contribution is 0.0174. The monoisotopic (exact) mass is 290 g/mol. The van der Waals surface area contributed by atoms with Crippen LogP contribution in [0.1, 0.15) is 45.4 Å². The summed E-state index contributed by atoms with van der Waals surface area (Å²) in [5, 5.41) is 12.9. The summed E-state index contributed by atoms with van der Waals surface area (Å²) in [4.78, 5) is 2.43. The fraction of sp³-hybridized carbons (Fsp3) is 1.00. The zero-order valence-corrected chi connectivity index (χ0v) is 12.4. The van der Waals surface area contributed by atoms with Gasteiger partial charge in [-0.2, -0.15) is 0 Å². The van der Waals surface area contributed by atoms with E-state index in [0.29, 0.717) is 6.04 Å². The van der Waals surface area contributed by atoms with Gasteiger partial charge in [0.05, 0.1) is 12.6 Å². The fourth-order valence-corrected chi connectivity index (χ4v) is 3.67.